The molecule has 5 nitrogen and oxygen atoms in total. The lowest BCUT2D eigenvalue weighted by Crippen LogP contribution is -2.28. The van der Waals surface area contributed by atoms with E-state index in [1.54, 1.807) is 6.92 Å². The van der Waals surface area contributed by atoms with Crippen LogP contribution in [0, 0.1) is 4.91 Å². The van der Waals surface area contributed by atoms with Gasteiger partial charge in [0.1, 0.15) is 4.76 Å². The molecule has 1 unspecified atom stereocenters. The van der Waals surface area contributed by atoms with Crippen LogP contribution in [-0.4, -0.2) is 28.4 Å². The van der Waals surface area contributed by atoms with Crippen molar-refractivity contribution in [1.29, 1.82) is 0 Å². The highest BCUT2D eigenvalue weighted by Gasteiger charge is 2.32. The standard InChI is InChI=1S/C4H5N3O2/c1-3-5-2-7(9)4(8)6-3/h2-3H,1H3/q+1/p+1. The van der Waals surface area contributed by atoms with E-state index in [0.717, 1.165) is 6.34 Å². The Morgan fingerprint density at radius 3 is 3.11 bits per heavy atom. The topological polar surface area (TPSA) is 66.8 Å². The summed E-state index contributed by atoms with van der Waals surface area (Å²) in [6.45, 7) is 1.67. The van der Waals surface area contributed by atoms with Crippen molar-refractivity contribution in [3.05, 3.63) is 4.91 Å². The Morgan fingerprint density at radius 1 is 2.00 bits per heavy atom. The SMILES string of the molecule is CC1N=C(O)[N+](=O)C=[N+]1. The highest BCUT2D eigenvalue weighted by Crippen LogP contribution is 1.87. The second kappa shape index (κ2) is 1.93. The number of aliphatic hydroxyl groups is 1. The third kappa shape index (κ3) is 1.10. The Morgan fingerprint density at radius 2 is 2.67 bits per heavy atom. The van der Waals surface area contributed by atoms with Crippen LogP contribution in [0.15, 0.2) is 4.99 Å². The van der Waals surface area contributed by atoms with Crippen molar-refractivity contribution in [1.82, 2.24) is 4.99 Å². The predicted octanol–water partition coefficient (Wildman–Crippen LogP) is -0.597. The van der Waals surface area contributed by atoms with E-state index in [2.05, 4.69) is 9.98 Å². The summed E-state index contributed by atoms with van der Waals surface area (Å²) in [6.07, 6.45) is 0.655. The normalized spacial score (nSPS) is 26.1. The molecule has 47 valence electrons. The molecule has 1 radical (unpaired) electrons. The van der Waals surface area contributed by atoms with Gasteiger partial charge in [0.25, 0.3) is 0 Å². The van der Waals surface area contributed by atoms with Crippen LogP contribution in [0.3, 0.4) is 0 Å². The molecule has 0 aliphatic carbocycles. The molecule has 0 bridgehead atoms. The smallest absolute Gasteiger partial charge is 0.428 e. The molecule has 0 saturated heterocycles. The van der Waals surface area contributed by atoms with Crippen LogP contribution in [0.2, 0.25) is 0 Å². The van der Waals surface area contributed by atoms with Gasteiger partial charge in [0.15, 0.2) is 0 Å². The van der Waals surface area contributed by atoms with Gasteiger partial charge in [-0.3, -0.25) is 0 Å². The molecule has 1 aliphatic rings. The average molecular weight is 128 g/mol. The third-order valence-electron chi connectivity index (χ3n) is 0.887. The van der Waals surface area contributed by atoms with Crippen LogP contribution in [-0.2, 0) is 0 Å². The van der Waals surface area contributed by atoms with E-state index in [1.807, 2.05) is 0 Å². The number of nitroso groups, excluding NO2 is 1. The number of nitrogens with zero attached hydrogens (tertiary/aromatic N) is 3. The number of amidine groups is 1. The molecule has 9 heavy (non-hydrogen) atoms. The van der Waals surface area contributed by atoms with Crippen molar-refractivity contribution < 1.29 is 9.87 Å². The van der Waals surface area contributed by atoms with Gasteiger partial charge in [-0.15, -0.1) is 0 Å². The molecule has 0 fully saturated rings. The van der Waals surface area contributed by atoms with E-state index in [-0.39, 0.29) is 10.9 Å². The highest BCUT2D eigenvalue weighted by molar-refractivity contribution is 5.71. The first-order valence-corrected chi connectivity index (χ1v) is 2.46. The molecule has 0 aromatic heterocycles. The molecule has 1 rings (SSSR count). The van der Waals surface area contributed by atoms with Gasteiger partial charge in [0.2, 0.25) is 0 Å². The summed E-state index contributed by atoms with van der Waals surface area (Å²) in [4.78, 5) is 17.4. The largest absolute Gasteiger partial charge is 0.613 e. The fourth-order valence-electron chi connectivity index (χ4n) is 0.466. The first kappa shape index (κ1) is 5.87. The Hall–Kier alpha value is -1.26. The van der Waals surface area contributed by atoms with Gasteiger partial charge in [-0.25, -0.2) is 0 Å². The second-order valence-electron chi connectivity index (χ2n) is 1.65. The van der Waals surface area contributed by atoms with E-state index < -0.39 is 6.02 Å². The lowest BCUT2D eigenvalue weighted by molar-refractivity contribution is -0.312. The molecule has 0 amide bonds. The van der Waals surface area contributed by atoms with Gasteiger partial charge in [-0.1, -0.05) is 0 Å². The Bertz CT molecular complexity index is 196. The molecule has 0 aromatic rings. The summed E-state index contributed by atoms with van der Waals surface area (Å²) >= 11 is 0. The summed E-state index contributed by atoms with van der Waals surface area (Å²) in [5, 5.41) is 8.62. The van der Waals surface area contributed by atoms with E-state index in [0.29, 0.717) is 0 Å². The predicted molar refractivity (Wildman–Crippen MR) is 31.4 cm³/mol. The molecule has 0 aromatic carbocycles. The summed E-state index contributed by atoms with van der Waals surface area (Å²) in [7, 11) is 0. The van der Waals surface area contributed by atoms with Crippen LogP contribution in [0.1, 0.15) is 6.92 Å². The van der Waals surface area contributed by atoms with Gasteiger partial charge in [-0.2, -0.15) is 0 Å². The number of aliphatic hydroxyl groups excluding tert-OH is 1. The first-order valence-electron chi connectivity index (χ1n) is 2.46. The quantitative estimate of drug-likeness (QED) is 0.443. The number of hydrogen-bond donors (Lipinski definition) is 1. The van der Waals surface area contributed by atoms with Gasteiger partial charge >= 0.3 is 18.5 Å². The lowest BCUT2D eigenvalue weighted by Gasteiger charge is -1.82. The minimum atomic E-state index is -0.530. The third-order valence-corrected chi connectivity index (χ3v) is 0.887. The van der Waals surface area contributed by atoms with Crippen molar-refractivity contribution in [2.24, 2.45) is 4.99 Å². The number of aliphatic imine (C=N–C) groups is 2. The zero-order chi connectivity index (χ0) is 6.85. The molecule has 0 saturated carbocycles. The Kier molecular flexibility index (Phi) is 1.26. The van der Waals surface area contributed by atoms with Crippen molar-refractivity contribution >= 4 is 12.4 Å². The summed E-state index contributed by atoms with van der Waals surface area (Å²) in [5.74, 6) is 0. The summed E-state index contributed by atoms with van der Waals surface area (Å²) < 4.78 is 0.208. The van der Waals surface area contributed by atoms with Crippen molar-refractivity contribution in [2.45, 2.75) is 13.1 Å². The first-order chi connectivity index (χ1) is 4.20. The van der Waals surface area contributed by atoms with Gasteiger partial charge in [0.05, 0.1) is 4.99 Å². The molecule has 5 heteroatoms. The van der Waals surface area contributed by atoms with E-state index in [1.165, 1.54) is 0 Å². The maximum absolute atomic E-state index is 10.3. The molecule has 0 spiro atoms. The van der Waals surface area contributed by atoms with Gasteiger partial charge in [-0.05, 0) is 4.91 Å². The Labute approximate surface area is 51.3 Å². The monoisotopic (exact) mass is 128 g/mol. The molecule has 1 atom stereocenters. The van der Waals surface area contributed by atoms with Gasteiger partial charge in [0, 0.05) is 11.9 Å². The fourth-order valence-corrected chi connectivity index (χ4v) is 0.466. The lowest BCUT2D eigenvalue weighted by atomic mass is 10.6. The maximum atomic E-state index is 10.3. The van der Waals surface area contributed by atoms with E-state index >= 15 is 0 Å². The van der Waals surface area contributed by atoms with Crippen LogP contribution in [0.5, 0.6) is 0 Å². The molecule has 1 heterocycles. The minimum Gasteiger partial charge on any atom is -0.428 e. The van der Waals surface area contributed by atoms with E-state index in [9.17, 15) is 4.91 Å². The van der Waals surface area contributed by atoms with Gasteiger partial charge < -0.3 is 5.11 Å². The molecular formula is C4H6N3O2+2. The number of hydrogen-bond acceptors (Lipinski definition) is 3. The van der Waals surface area contributed by atoms with E-state index in [4.69, 9.17) is 5.11 Å². The van der Waals surface area contributed by atoms with Crippen LogP contribution < -0.4 is 4.99 Å². The molecule has 1 N–H and O–H groups in total. The Balaban J connectivity index is 2.82. The zero-order valence-electron chi connectivity index (χ0n) is 4.85. The molecule has 1 aliphatic heterocycles. The minimum absolute atomic E-state index is 0.208. The second-order valence-corrected chi connectivity index (χ2v) is 1.65. The zero-order valence-corrected chi connectivity index (χ0v) is 4.85. The fraction of sp³-hybridized carbons (Fsp3) is 0.500. The maximum Gasteiger partial charge on any atom is 0.613 e. The average Bonchev–Trinajstić information content (AvgIpc) is 1.80. The van der Waals surface area contributed by atoms with Crippen LogP contribution >= 0.6 is 0 Å². The highest BCUT2D eigenvalue weighted by atomic mass is 16.4. The van der Waals surface area contributed by atoms with Crippen LogP contribution in [0.25, 0.3) is 0 Å². The van der Waals surface area contributed by atoms with Crippen molar-refractivity contribution in [3.63, 3.8) is 0 Å². The number of rotatable bonds is 0. The van der Waals surface area contributed by atoms with Crippen molar-refractivity contribution in [3.8, 4) is 0 Å². The summed E-state index contributed by atoms with van der Waals surface area (Å²) in [5.41, 5.74) is 0. The molecular weight excluding hydrogens is 122 g/mol. The summed E-state index contributed by atoms with van der Waals surface area (Å²) in [6, 6.07) is -0.530. The van der Waals surface area contributed by atoms with Crippen molar-refractivity contribution in [2.75, 3.05) is 0 Å². The van der Waals surface area contributed by atoms with Crippen LogP contribution in [0.4, 0.5) is 0 Å².